The maximum absolute atomic E-state index is 11.5. The fraction of sp³-hybridized carbons (Fsp3) is 0.333. The van der Waals surface area contributed by atoms with E-state index in [2.05, 4.69) is 5.32 Å². The molecule has 0 saturated heterocycles. The molecule has 84 valence electrons. The number of aromatic hydroxyl groups is 1. The molecule has 0 radical (unpaired) electrons. The van der Waals surface area contributed by atoms with Gasteiger partial charge in [-0.05, 0) is 13.0 Å². The van der Waals surface area contributed by atoms with E-state index in [0.29, 0.717) is 12.1 Å². The van der Waals surface area contributed by atoms with E-state index in [-0.39, 0.29) is 24.0 Å². The summed E-state index contributed by atoms with van der Waals surface area (Å²) in [6.07, 6.45) is 0.130. The number of hydrogen-bond donors (Lipinski definition) is 2. The van der Waals surface area contributed by atoms with Gasteiger partial charge in [-0.25, -0.2) is 0 Å². The lowest BCUT2D eigenvalue weighted by Crippen LogP contribution is -2.29. The predicted molar refractivity (Wildman–Crippen MR) is 59.6 cm³/mol. The summed E-state index contributed by atoms with van der Waals surface area (Å²) in [5.41, 5.74) is 0.588. The number of nitriles is 1. The topological polar surface area (TPSA) is 73.1 Å². The Hall–Kier alpha value is -2.02. The van der Waals surface area contributed by atoms with Crippen molar-refractivity contribution < 1.29 is 9.90 Å². The van der Waals surface area contributed by atoms with Gasteiger partial charge in [0, 0.05) is 12.1 Å². The minimum absolute atomic E-state index is 0.117. The van der Waals surface area contributed by atoms with Gasteiger partial charge in [0.1, 0.15) is 5.75 Å². The van der Waals surface area contributed by atoms with Crippen molar-refractivity contribution in [1.82, 2.24) is 5.32 Å². The lowest BCUT2D eigenvalue weighted by atomic mass is 10.1. The van der Waals surface area contributed by atoms with Crippen LogP contribution in [0.5, 0.6) is 5.75 Å². The number of amides is 1. The highest BCUT2D eigenvalue weighted by molar-refractivity contribution is 5.79. The van der Waals surface area contributed by atoms with Crippen LogP contribution in [-0.4, -0.2) is 17.6 Å². The molecule has 0 aliphatic carbocycles. The summed E-state index contributed by atoms with van der Waals surface area (Å²) < 4.78 is 0. The third kappa shape index (κ3) is 3.62. The molecule has 1 amide bonds. The van der Waals surface area contributed by atoms with E-state index < -0.39 is 0 Å². The van der Waals surface area contributed by atoms with Gasteiger partial charge in [0.15, 0.2) is 0 Å². The average Bonchev–Trinajstić information content (AvgIpc) is 2.29. The molecule has 2 N–H and O–H groups in total. The van der Waals surface area contributed by atoms with E-state index in [0.717, 1.165) is 0 Å². The van der Waals surface area contributed by atoms with Crippen LogP contribution in [-0.2, 0) is 11.2 Å². The molecule has 0 spiro atoms. The summed E-state index contributed by atoms with van der Waals surface area (Å²) in [5, 5.41) is 20.6. The van der Waals surface area contributed by atoms with E-state index in [1.807, 2.05) is 6.07 Å². The van der Waals surface area contributed by atoms with E-state index in [1.165, 1.54) is 0 Å². The van der Waals surface area contributed by atoms with Gasteiger partial charge in [-0.15, -0.1) is 0 Å². The Labute approximate surface area is 94.5 Å². The monoisotopic (exact) mass is 218 g/mol. The lowest BCUT2D eigenvalue weighted by Gasteiger charge is -2.07. The Morgan fingerprint density at radius 1 is 1.56 bits per heavy atom. The Morgan fingerprint density at radius 2 is 2.25 bits per heavy atom. The molecule has 0 fully saturated rings. The summed E-state index contributed by atoms with van der Waals surface area (Å²) in [6, 6.07) is 8.74. The molecule has 1 rings (SSSR count). The molecule has 1 unspecified atom stereocenters. The van der Waals surface area contributed by atoms with Gasteiger partial charge in [0.2, 0.25) is 5.91 Å². The molecule has 4 nitrogen and oxygen atoms in total. The third-order valence-corrected chi connectivity index (χ3v) is 2.17. The zero-order valence-electron chi connectivity index (χ0n) is 9.10. The van der Waals surface area contributed by atoms with Crippen LogP contribution >= 0.6 is 0 Å². The molecular formula is C12H14N2O2. The standard InChI is InChI=1S/C12H14N2O2/c1-9(7-13)8-14-12(16)6-10-4-2-3-5-11(10)15/h2-5,9,15H,6,8H2,1H3,(H,14,16). The Balaban J connectivity index is 2.47. The van der Waals surface area contributed by atoms with Gasteiger partial charge in [-0.2, -0.15) is 5.26 Å². The van der Waals surface area contributed by atoms with E-state index >= 15 is 0 Å². The molecule has 16 heavy (non-hydrogen) atoms. The first-order valence-electron chi connectivity index (χ1n) is 5.06. The normalized spacial score (nSPS) is 11.5. The van der Waals surface area contributed by atoms with Crippen molar-refractivity contribution in [3.63, 3.8) is 0 Å². The van der Waals surface area contributed by atoms with Crippen LogP contribution in [0.15, 0.2) is 24.3 Å². The van der Waals surface area contributed by atoms with E-state index in [4.69, 9.17) is 5.26 Å². The number of rotatable bonds is 4. The molecule has 0 aromatic heterocycles. The molecule has 1 aromatic carbocycles. The molecule has 0 heterocycles. The van der Waals surface area contributed by atoms with Gasteiger partial charge in [-0.3, -0.25) is 4.79 Å². The molecule has 1 atom stereocenters. The number of para-hydroxylation sites is 1. The van der Waals surface area contributed by atoms with E-state index in [1.54, 1.807) is 31.2 Å². The van der Waals surface area contributed by atoms with Crippen LogP contribution in [0.3, 0.4) is 0 Å². The Morgan fingerprint density at radius 3 is 2.88 bits per heavy atom. The van der Waals surface area contributed by atoms with Gasteiger partial charge >= 0.3 is 0 Å². The summed E-state index contributed by atoms with van der Waals surface area (Å²) in [4.78, 5) is 11.5. The second kappa shape index (κ2) is 5.76. The van der Waals surface area contributed by atoms with Crippen molar-refractivity contribution in [1.29, 1.82) is 5.26 Å². The smallest absolute Gasteiger partial charge is 0.224 e. The predicted octanol–water partition coefficient (Wildman–Crippen LogP) is 1.21. The van der Waals surface area contributed by atoms with Crippen LogP contribution in [0.25, 0.3) is 0 Å². The van der Waals surface area contributed by atoms with Crippen molar-refractivity contribution in [2.45, 2.75) is 13.3 Å². The summed E-state index contributed by atoms with van der Waals surface area (Å²) in [5.74, 6) is -0.275. The third-order valence-electron chi connectivity index (χ3n) is 2.17. The summed E-state index contributed by atoms with van der Waals surface area (Å²) >= 11 is 0. The maximum Gasteiger partial charge on any atom is 0.224 e. The molecular weight excluding hydrogens is 204 g/mol. The molecule has 0 bridgehead atoms. The summed E-state index contributed by atoms with van der Waals surface area (Å²) in [6.45, 7) is 2.07. The molecule has 0 saturated carbocycles. The van der Waals surface area contributed by atoms with Crippen molar-refractivity contribution in [2.75, 3.05) is 6.54 Å². The highest BCUT2D eigenvalue weighted by Crippen LogP contribution is 2.15. The number of phenols is 1. The zero-order chi connectivity index (χ0) is 12.0. The average molecular weight is 218 g/mol. The van der Waals surface area contributed by atoms with Crippen molar-refractivity contribution in [3.05, 3.63) is 29.8 Å². The molecule has 0 aliphatic heterocycles. The van der Waals surface area contributed by atoms with Crippen LogP contribution in [0.1, 0.15) is 12.5 Å². The number of phenolic OH excluding ortho intramolecular Hbond substituents is 1. The van der Waals surface area contributed by atoms with Crippen LogP contribution in [0.2, 0.25) is 0 Å². The van der Waals surface area contributed by atoms with Crippen LogP contribution in [0.4, 0.5) is 0 Å². The highest BCUT2D eigenvalue weighted by Gasteiger charge is 2.07. The number of nitrogens with zero attached hydrogens (tertiary/aromatic N) is 1. The van der Waals surface area contributed by atoms with Gasteiger partial charge in [0.25, 0.3) is 0 Å². The number of nitrogens with one attached hydrogen (secondary N) is 1. The SMILES string of the molecule is CC(C#N)CNC(=O)Cc1ccccc1O. The fourth-order valence-electron chi connectivity index (χ4n) is 1.21. The maximum atomic E-state index is 11.5. The molecule has 0 aliphatic rings. The number of hydrogen-bond acceptors (Lipinski definition) is 3. The quantitative estimate of drug-likeness (QED) is 0.797. The fourth-order valence-corrected chi connectivity index (χ4v) is 1.21. The Kier molecular flexibility index (Phi) is 4.34. The largest absolute Gasteiger partial charge is 0.508 e. The zero-order valence-corrected chi connectivity index (χ0v) is 9.10. The highest BCUT2D eigenvalue weighted by atomic mass is 16.3. The van der Waals surface area contributed by atoms with Crippen molar-refractivity contribution in [2.24, 2.45) is 5.92 Å². The second-order valence-electron chi connectivity index (χ2n) is 3.64. The van der Waals surface area contributed by atoms with E-state index in [9.17, 15) is 9.90 Å². The summed E-state index contributed by atoms with van der Waals surface area (Å²) in [7, 11) is 0. The first kappa shape index (κ1) is 12.1. The Bertz CT molecular complexity index is 410. The minimum atomic E-state index is -0.201. The first-order valence-corrected chi connectivity index (χ1v) is 5.06. The first-order chi connectivity index (χ1) is 7.63. The van der Waals surface area contributed by atoms with Gasteiger partial charge in [-0.1, -0.05) is 18.2 Å². The van der Waals surface area contributed by atoms with Crippen LogP contribution < -0.4 is 5.32 Å². The van der Waals surface area contributed by atoms with Gasteiger partial charge < -0.3 is 10.4 Å². The number of benzene rings is 1. The second-order valence-corrected chi connectivity index (χ2v) is 3.64. The number of carbonyl (C=O) groups is 1. The van der Waals surface area contributed by atoms with Crippen molar-refractivity contribution >= 4 is 5.91 Å². The lowest BCUT2D eigenvalue weighted by molar-refractivity contribution is -0.120. The molecule has 4 heteroatoms. The number of carbonyl (C=O) groups excluding carboxylic acids is 1. The van der Waals surface area contributed by atoms with Crippen LogP contribution in [0, 0.1) is 17.2 Å². The molecule has 1 aromatic rings. The van der Waals surface area contributed by atoms with Gasteiger partial charge in [0.05, 0.1) is 18.4 Å². The van der Waals surface area contributed by atoms with Crippen molar-refractivity contribution in [3.8, 4) is 11.8 Å². The minimum Gasteiger partial charge on any atom is -0.508 e.